The first kappa shape index (κ1) is 15.7. The molecule has 5 rings (SSSR count). The number of nitrogens with zero attached hydrogens (tertiary/aromatic N) is 1. The van der Waals surface area contributed by atoms with E-state index in [1.807, 2.05) is 30.3 Å². The van der Waals surface area contributed by atoms with Gasteiger partial charge in [-0.15, -0.1) is 0 Å². The first-order chi connectivity index (χ1) is 13.0. The lowest BCUT2D eigenvalue weighted by atomic mass is 9.98. The molecule has 3 heterocycles. The molecular formula is C20H16N2O5. The fourth-order valence-corrected chi connectivity index (χ4v) is 3.46. The van der Waals surface area contributed by atoms with Crippen LogP contribution in [-0.2, 0) is 16.9 Å². The zero-order valence-electron chi connectivity index (χ0n) is 14.5. The summed E-state index contributed by atoms with van der Waals surface area (Å²) in [5.74, 6) is 1.32. The monoisotopic (exact) mass is 364 g/mol. The van der Waals surface area contributed by atoms with Crippen LogP contribution in [0.2, 0.25) is 0 Å². The minimum absolute atomic E-state index is 0.136. The summed E-state index contributed by atoms with van der Waals surface area (Å²) in [5.41, 5.74) is 0.202. The van der Waals surface area contributed by atoms with Crippen LogP contribution in [0.4, 0.5) is 4.79 Å². The Morgan fingerprint density at radius 2 is 1.89 bits per heavy atom. The average molecular weight is 364 g/mol. The fourth-order valence-electron chi connectivity index (χ4n) is 3.46. The number of fused-ring (bicyclic) bond motifs is 2. The van der Waals surface area contributed by atoms with Crippen molar-refractivity contribution in [2.45, 2.75) is 19.0 Å². The summed E-state index contributed by atoms with van der Waals surface area (Å²) >= 11 is 0. The molecule has 0 bridgehead atoms. The number of carbonyl (C=O) groups is 2. The lowest BCUT2D eigenvalue weighted by molar-refractivity contribution is -0.132. The highest BCUT2D eigenvalue weighted by Crippen LogP contribution is 2.36. The first-order valence-corrected chi connectivity index (χ1v) is 8.56. The summed E-state index contributed by atoms with van der Waals surface area (Å²) in [6.07, 6.45) is 0. The molecule has 0 unspecified atom stereocenters. The van der Waals surface area contributed by atoms with E-state index in [4.69, 9.17) is 13.9 Å². The summed E-state index contributed by atoms with van der Waals surface area (Å²) in [7, 11) is 0. The van der Waals surface area contributed by atoms with Crippen LogP contribution in [0.5, 0.6) is 11.5 Å². The number of amides is 3. The first-order valence-electron chi connectivity index (χ1n) is 8.56. The normalized spacial score (nSPS) is 21.1. The molecule has 0 radical (unpaired) electrons. The molecule has 3 amide bonds. The largest absolute Gasteiger partial charge is 0.458 e. The number of imide groups is 1. The molecule has 1 fully saturated rings. The van der Waals surface area contributed by atoms with E-state index in [0.717, 1.165) is 10.9 Å². The number of para-hydroxylation sites is 1. The third-order valence-electron chi connectivity index (χ3n) is 4.97. The second-order valence-electron chi connectivity index (χ2n) is 6.78. The third-order valence-corrected chi connectivity index (χ3v) is 4.97. The van der Waals surface area contributed by atoms with Gasteiger partial charge in [0, 0.05) is 5.39 Å². The van der Waals surface area contributed by atoms with E-state index >= 15 is 0 Å². The molecule has 2 aliphatic rings. The minimum atomic E-state index is -1.24. The highest BCUT2D eigenvalue weighted by molar-refractivity contribution is 6.07. The Morgan fingerprint density at radius 3 is 2.74 bits per heavy atom. The highest BCUT2D eigenvalue weighted by Gasteiger charge is 2.51. The van der Waals surface area contributed by atoms with E-state index in [1.54, 1.807) is 25.1 Å². The van der Waals surface area contributed by atoms with Crippen LogP contribution in [0.25, 0.3) is 11.0 Å². The van der Waals surface area contributed by atoms with Crippen LogP contribution in [0, 0.1) is 0 Å². The zero-order valence-corrected chi connectivity index (χ0v) is 14.5. The molecular weight excluding hydrogens is 348 g/mol. The molecule has 3 aromatic rings. The van der Waals surface area contributed by atoms with Gasteiger partial charge in [0.2, 0.25) is 6.79 Å². The molecule has 7 nitrogen and oxygen atoms in total. The number of nitrogens with one attached hydrogen (secondary N) is 1. The number of hydrogen-bond acceptors (Lipinski definition) is 5. The van der Waals surface area contributed by atoms with Crippen molar-refractivity contribution in [3.63, 3.8) is 0 Å². The molecule has 1 aromatic heterocycles. The van der Waals surface area contributed by atoms with E-state index in [9.17, 15) is 9.59 Å². The van der Waals surface area contributed by atoms with Crippen LogP contribution in [0.1, 0.15) is 18.2 Å². The van der Waals surface area contributed by atoms with Gasteiger partial charge in [0.1, 0.15) is 11.3 Å². The molecule has 7 heteroatoms. The Kier molecular flexibility index (Phi) is 3.21. The molecule has 0 saturated carbocycles. The molecule has 2 aliphatic heterocycles. The summed E-state index contributed by atoms with van der Waals surface area (Å²) in [6, 6.07) is 14.2. The van der Waals surface area contributed by atoms with Crippen molar-refractivity contribution >= 4 is 22.9 Å². The van der Waals surface area contributed by atoms with Gasteiger partial charge in [0.05, 0.1) is 6.54 Å². The quantitative estimate of drug-likeness (QED) is 0.722. The number of ether oxygens (including phenoxy) is 2. The molecule has 2 aromatic carbocycles. The predicted molar refractivity (Wildman–Crippen MR) is 95.2 cm³/mol. The van der Waals surface area contributed by atoms with Gasteiger partial charge in [-0.2, -0.15) is 0 Å². The number of urea groups is 1. The zero-order chi connectivity index (χ0) is 18.6. The number of carbonyl (C=O) groups excluding carboxylic acids is 2. The highest BCUT2D eigenvalue weighted by atomic mass is 16.7. The van der Waals surface area contributed by atoms with Crippen molar-refractivity contribution in [2.75, 3.05) is 6.79 Å². The standard InChI is InChI=1S/C20H16N2O5/c1-20(17-9-13-4-2-3-5-14(13)27-17)18(23)22(19(24)21-20)10-12-6-7-15-16(8-12)26-11-25-15/h2-9H,10-11H2,1H3,(H,21,24)/t20-/m1/s1. The Bertz CT molecular complexity index is 1060. The smallest absolute Gasteiger partial charge is 0.325 e. The molecule has 1 saturated heterocycles. The maximum Gasteiger partial charge on any atom is 0.325 e. The predicted octanol–water partition coefficient (Wildman–Crippen LogP) is 3.13. The molecule has 0 aliphatic carbocycles. The average Bonchev–Trinajstić information content (AvgIpc) is 3.35. The Labute approximate surface area is 154 Å². The Hall–Kier alpha value is -3.48. The number of benzene rings is 2. The van der Waals surface area contributed by atoms with Crippen molar-refractivity contribution in [2.24, 2.45) is 0 Å². The summed E-state index contributed by atoms with van der Waals surface area (Å²) < 4.78 is 16.5. The minimum Gasteiger partial charge on any atom is -0.458 e. The number of hydrogen-bond donors (Lipinski definition) is 1. The van der Waals surface area contributed by atoms with Gasteiger partial charge in [0.25, 0.3) is 5.91 Å². The van der Waals surface area contributed by atoms with E-state index in [1.165, 1.54) is 4.90 Å². The lowest BCUT2D eigenvalue weighted by Gasteiger charge is -2.19. The van der Waals surface area contributed by atoms with Gasteiger partial charge >= 0.3 is 6.03 Å². The van der Waals surface area contributed by atoms with Crippen molar-refractivity contribution in [3.05, 3.63) is 59.9 Å². The summed E-state index contributed by atoms with van der Waals surface area (Å²) in [6.45, 7) is 1.97. The number of furan rings is 1. The SMILES string of the molecule is C[C@]1(c2cc3ccccc3o2)NC(=O)N(Cc2ccc3c(c2)OCO3)C1=O. The fraction of sp³-hybridized carbons (Fsp3) is 0.200. The van der Waals surface area contributed by atoms with Gasteiger partial charge in [-0.05, 0) is 36.8 Å². The van der Waals surface area contributed by atoms with E-state index in [0.29, 0.717) is 22.8 Å². The topological polar surface area (TPSA) is 81.0 Å². The van der Waals surface area contributed by atoms with Gasteiger partial charge in [0.15, 0.2) is 17.0 Å². The van der Waals surface area contributed by atoms with Crippen LogP contribution in [0.3, 0.4) is 0 Å². The maximum absolute atomic E-state index is 13.1. The van der Waals surface area contributed by atoms with Crippen LogP contribution in [-0.4, -0.2) is 23.6 Å². The van der Waals surface area contributed by atoms with Crippen molar-refractivity contribution in [1.29, 1.82) is 0 Å². The second kappa shape index (κ2) is 5.51. The summed E-state index contributed by atoms with van der Waals surface area (Å²) in [5, 5.41) is 3.65. The number of rotatable bonds is 3. The molecule has 1 N–H and O–H groups in total. The van der Waals surface area contributed by atoms with Crippen LogP contribution >= 0.6 is 0 Å². The van der Waals surface area contributed by atoms with Crippen molar-refractivity contribution in [1.82, 2.24) is 10.2 Å². The third kappa shape index (κ3) is 2.35. The van der Waals surface area contributed by atoms with Crippen molar-refractivity contribution in [3.8, 4) is 11.5 Å². The van der Waals surface area contributed by atoms with Crippen LogP contribution < -0.4 is 14.8 Å². The van der Waals surface area contributed by atoms with E-state index in [2.05, 4.69) is 5.32 Å². The van der Waals surface area contributed by atoms with Crippen molar-refractivity contribution < 1.29 is 23.5 Å². The Balaban J connectivity index is 1.45. The van der Waals surface area contributed by atoms with Crippen LogP contribution in [0.15, 0.2) is 52.9 Å². The van der Waals surface area contributed by atoms with Gasteiger partial charge in [-0.3, -0.25) is 9.69 Å². The maximum atomic E-state index is 13.1. The van der Waals surface area contributed by atoms with E-state index < -0.39 is 11.6 Å². The van der Waals surface area contributed by atoms with Gasteiger partial charge < -0.3 is 19.2 Å². The molecule has 1 atom stereocenters. The van der Waals surface area contributed by atoms with Gasteiger partial charge in [-0.1, -0.05) is 24.3 Å². The molecule has 136 valence electrons. The lowest BCUT2D eigenvalue weighted by Crippen LogP contribution is -2.40. The molecule has 27 heavy (non-hydrogen) atoms. The Morgan fingerprint density at radius 1 is 1.07 bits per heavy atom. The second-order valence-corrected chi connectivity index (χ2v) is 6.78. The molecule has 0 spiro atoms. The summed E-state index contributed by atoms with van der Waals surface area (Å²) in [4.78, 5) is 26.8. The van der Waals surface area contributed by atoms with Gasteiger partial charge in [-0.25, -0.2) is 4.79 Å². The van der Waals surface area contributed by atoms with E-state index in [-0.39, 0.29) is 19.2 Å².